The van der Waals surface area contributed by atoms with Crippen LogP contribution < -0.4 is 10.6 Å². The van der Waals surface area contributed by atoms with Gasteiger partial charge in [0.2, 0.25) is 0 Å². The summed E-state index contributed by atoms with van der Waals surface area (Å²) in [6.07, 6.45) is 11.0. The maximum absolute atomic E-state index is 12.1. The third-order valence-corrected chi connectivity index (χ3v) is 6.34. The molecule has 2 saturated carbocycles. The van der Waals surface area contributed by atoms with Crippen LogP contribution in [0.4, 0.5) is 9.59 Å². The van der Waals surface area contributed by atoms with Crippen molar-refractivity contribution in [1.82, 2.24) is 10.6 Å². The standard InChI is InChI=1S/C26H48N2O6/c1-19(2)31-21-13-7-9-15-23(21)33-25(29)27-17-11-5-6-12-18-28-26(30)34-24-16-10-8-14-22(24)32-20(3)4/h19-24H,5-18H2,1-4H3,(H,27,29)(H,28,30)/t21-,22-,23+,24+/m0/s1. The highest BCUT2D eigenvalue weighted by Gasteiger charge is 2.30. The van der Waals surface area contributed by atoms with Gasteiger partial charge in [0.15, 0.2) is 0 Å². The fourth-order valence-electron chi connectivity index (χ4n) is 4.75. The SMILES string of the molecule is CC(C)O[C@H]1CCCC[C@H]1OC(=O)NCCCCCCNC(=O)O[C@@H]1CCCC[C@@H]1OC(C)C. The van der Waals surface area contributed by atoms with Crippen LogP contribution in [0.3, 0.4) is 0 Å². The number of carbonyl (C=O) groups is 2. The van der Waals surface area contributed by atoms with Gasteiger partial charge in [0, 0.05) is 13.1 Å². The van der Waals surface area contributed by atoms with E-state index in [1.165, 1.54) is 0 Å². The Bertz CT molecular complexity index is 536. The van der Waals surface area contributed by atoms with Crippen molar-refractivity contribution >= 4 is 12.2 Å². The van der Waals surface area contributed by atoms with E-state index >= 15 is 0 Å². The number of ether oxygens (including phenoxy) is 4. The van der Waals surface area contributed by atoms with Gasteiger partial charge in [-0.3, -0.25) is 0 Å². The number of unbranched alkanes of at least 4 members (excludes halogenated alkanes) is 3. The van der Waals surface area contributed by atoms with E-state index in [1.54, 1.807) is 0 Å². The molecule has 2 amide bonds. The lowest BCUT2D eigenvalue weighted by Gasteiger charge is -2.32. The van der Waals surface area contributed by atoms with E-state index < -0.39 is 0 Å². The van der Waals surface area contributed by atoms with E-state index in [-0.39, 0.29) is 48.8 Å². The molecule has 34 heavy (non-hydrogen) atoms. The lowest BCUT2D eigenvalue weighted by atomic mass is 9.94. The van der Waals surface area contributed by atoms with Crippen molar-refractivity contribution in [2.24, 2.45) is 0 Å². The molecule has 198 valence electrons. The van der Waals surface area contributed by atoms with E-state index in [1.807, 2.05) is 27.7 Å². The zero-order chi connectivity index (χ0) is 24.8. The Morgan fingerprint density at radius 3 is 1.32 bits per heavy atom. The number of alkyl carbamates (subject to hydrolysis) is 2. The molecule has 0 spiro atoms. The largest absolute Gasteiger partial charge is 0.443 e. The molecular weight excluding hydrogens is 436 g/mol. The number of carbonyl (C=O) groups excluding carboxylic acids is 2. The van der Waals surface area contributed by atoms with E-state index in [2.05, 4.69) is 10.6 Å². The van der Waals surface area contributed by atoms with Crippen LogP contribution in [0.1, 0.15) is 105 Å². The molecule has 0 radical (unpaired) electrons. The Balaban J connectivity index is 1.49. The lowest BCUT2D eigenvalue weighted by Crippen LogP contribution is -2.40. The van der Waals surface area contributed by atoms with Crippen molar-refractivity contribution < 1.29 is 28.5 Å². The molecule has 0 saturated heterocycles. The summed E-state index contributed by atoms with van der Waals surface area (Å²) in [5, 5.41) is 5.72. The summed E-state index contributed by atoms with van der Waals surface area (Å²) in [7, 11) is 0. The molecule has 0 aromatic heterocycles. The van der Waals surface area contributed by atoms with Gasteiger partial charge in [0.1, 0.15) is 12.2 Å². The van der Waals surface area contributed by atoms with Crippen LogP contribution in [0, 0.1) is 0 Å². The first-order valence-electron chi connectivity index (χ1n) is 13.5. The van der Waals surface area contributed by atoms with E-state index in [0.717, 1.165) is 77.0 Å². The van der Waals surface area contributed by atoms with Crippen LogP contribution >= 0.6 is 0 Å². The molecule has 2 rings (SSSR count). The molecule has 0 heterocycles. The van der Waals surface area contributed by atoms with Gasteiger partial charge in [0.25, 0.3) is 0 Å². The normalized spacial score (nSPS) is 25.2. The van der Waals surface area contributed by atoms with Crippen molar-refractivity contribution in [2.75, 3.05) is 13.1 Å². The van der Waals surface area contributed by atoms with Crippen LogP contribution in [0.25, 0.3) is 0 Å². The lowest BCUT2D eigenvalue weighted by molar-refractivity contribution is -0.0864. The fraction of sp³-hybridized carbons (Fsp3) is 0.923. The van der Waals surface area contributed by atoms with Gasteiger partial charge in [-0.05, 0) is 79.1 Å². The van der Waals surface area contributed by atoms with Gasteiger partial charge >= 0.3 is 12.2 Å². The summed E-state index contributed by atoms with van der Waals surface area (Å²) in [5.74, 6) is 0. The third kappa shape index (κ3) is 11.7. The second-order valence-electron chi connectivity index (χ2n) is 10.2. The van der Waals surface area contributed by atoms with Crippen molar-refractivity contribution in [3.8, 4) is 0 Å². The minimum Gasteiger partial charge on any atom is -0.443 e. The summed E-state index contributed by atoms with van der Waals surface area (Å²) in [6.45, 7) is 9.24. The summed E-state index contributed by atoms with van der Waals surface area (Å²) < 4.78 is 23.1. The first-order chi connectivity index (χ1) is 16.3. The second-order valence-corrected chi connectivity index (χ2v) is 10.2. The zero-order valence-electron chi connectivity index (χ0n) is 21.8. The smallest absolute Gasteiger partial charge is 0.407 e. The van der Waals surface area contributed by atoms with E-state index in [9.17, 15) is 9.59 Å². The highest BCUT2D eigenvalue weighted by molar-refractivity contribution is 5.67. The molecule has 2 fully saturated rings. The molecule has 2 aliphatic rings. The second kappa shape index (κ2) is 16.2. The van der Waals surface area contributed by atoms with E-state index in [0.29, 0.717) is 13.1 Å². The summed E-state index contributed by atoms with van der Waals surface area (Å²) in [5.41, 5.74) is 0. The average Bonchev–Trinajstić information content (AvgIpc) is 2.77. The molecule has 8 nitrogen and oxygen atoms in total. The number of nitrogens with one attached hydrogen (secondary N) is 2. The Kier molecular flexibility index (Phi) is 13.7. The molecule has 0 aliphatic heterocycles. The number of amides is 2. The fourth-order valence-corrected chi connectivity index (χ4v) is 4.75. The predicted molar refractivity (Wildman–Crippen MR) is 132 cm³/mol. The van der Waals surface area contributed by atoms with Gasteiger partial charge in [0.05, 0.1) is 24.4 Å². The van der Waals surface area contributed by atoms with Crippen molar-refractivity contribution in [3.05, 3.63) is 0 Å². The number of hydrogen-bond donors (Lipinski definition) is 2. The molecule has 2 N–H and O–H groups in total. The molecular formula is C26H48N2O6. The predicted octanol–water partition coefficient (Wildman–Crippen LogP) is 5.47. The van der Waals surface area contributed by atoms with Crippen molar-refractivity contribution in [3.63, 3.8) is 0 Å². The van der Waals surface area contributed by atoms with Gasteiger partial charge in [-0.2, -0.15) is 0 Å². The quantitative estimate of drug-likeness (QED) is 0.337. The molecule has 2 aliphatic carbocycles. The Hall–Kier alpha value is -1.54. The van der Waals surface area contributed by atoms with Crippen LogP contribution in [0.2, 0.25) is 0 Å². The van der Waals surface area contributed by atoms with E-state index in [4.69, 9.17) is 18.9 Å². The molecule has 0 aromatic rings. The first kappa shape index (κ1) is 28.7. The number of hydrogen-bond acceptors (Lipinski definition) is 6. The highest BCUT2D eigenvalue weighted by Crippen LogP contribution is 2.26. The molecule has 4 atom stereocenters. The van der Waals surface area contributed by atoms with Gasteiger partial charge < -0.3 is 29.6 Å². The summed E-state index contributed by atoms with van der Waals surface area (Å²) >= 11 is 0. The molecule has 0 bridgehead atoms. The Labute approximate surface area is 206 Å². The summed E-state index contributed by atoms with van der Waals surface area (Å²) in [4.78, 5) is 24.3. The Morgan fingerprint density at radius 1 is 0.618 bits per heavy atom. The van der Waals surface area contributed by atoms with Crippen LogP contribution in [-0.4, -0.2) is 61.9 Å². The average molecular weight is 485 g/mol. The van der Waals surface area contributed by atoms with Crippen LogP contribution in [0.15, 0.2) is 0 Å². The number of rotatable bonds is 13. The zero-order valence-corrected chi connectivity index (χ0v) is 21.8. The molecule has 0 unspecified atom stereocenters. The maximum Gasteiger partial charge on any atom is 0.407 e. The summed E-state index contributed by atoms with van der Waals surface area (Å²) in [6, 6.07) is 0. The molecule has 8 heteroatoms. The van der Waals surface area contributed by atoms with Gasteiger partial charge in [-0.25, -0.2) is 9.59 Å². The maximum atomic E-state index is 12.1. The third-order valence-electron chi connectivity index (χ3n) is 6.34. The van der Waals surface area contributed by atoms with Gasteiger partial charge in [-0.15, -0.1) is 0 Å². The molecule has 0 aromatic carbocycles. The van der Waals surface area contributed by atoms with Crippen molar-refractivity contribution in [2.45, 2.75) is 141 Å². The highest BCUT2D eigenvalue weighted by atomic mass is 16.6. The minimum atomic E-state index is -0.351. The topological polar surface area (TPSA) is 95.1 Å². The van der Waals surface area contributed by atoms with Gasteiger partial charge in [-0.1, -0.05) is 25.7 Å². The van der Waals surface area contributed by atoms with Crippen LogP contribution in [-0.2, 0) is 18.9 Å². The first-order valence-corrected chi connectivity index (χ1v) is 13.5. The Morgan fingerprint density at radius 2 is 0.971 bits per heavy atom. The van der Waals surface area contributed by atoms with Crippen molar-refractivity contribution in [1.29, 1.82) is 0 Å². The van der Waals surface area contributed by atoms with Crippen LogP contribution in [0.5, 0.6) is 0 Å². The monoisotopic (exact) mass is 484 g/mol. The minimum absolute atomic E-state index is 0.00502.